The highest BCUT2D eigenvalue weighted by atomic mass is 16.1. The number of nitrogens with zero attached hydrogens (tertiary/aromatic N) is 1. The molecule has 4 bridgehead atoms. The van der Waals surface area contributed by atoms with Gasteiger partial charge in [0.15, 0.2) is 0 Å². The van der Waals surface area contributed by atoms with Crippen molar-refractivity contribution in [3.05, 3.63) is 0 Å². The highest BCUT2D eigenvalue weighted by molar-refractivity contribution is 5.77. The maximum absolute atomic E-state index is 11.4. The van der Waals surface area contributed by atoms with Crippen LogP contribution in [-0.2, 0) is 4.79 Å². The van der Waals surface area contributed by atoms with Crippen LogP contribution in [0.4, 0.5) is 0 Å². The van der Waals surface area contributed by atoms with Crippen LogP contribution in [0.25, 0.3) is 0 Å². The van der Waals surface area contributed by atoms with E-state index >= 15 is 0 Å². The van der Waals surface area contributed by atoms with Gasteiger partial charge in [-0.15, -0.1) is 0 Å². The zero-order chi connectivity index (χ0) is 13.5. The average Bonchev–Trinajstić information content (AvgIpc) is 2.34. The molecular formula is C16H24N2O. The Balaban J connectivity index is 1.62. The third kappa shape index (κ3) is 2.38. The maximum Gasteiger partial charge on any atom is 0.234 e. The molecule has 1 N–H and O–H groups in total. The van der Waals surface area contributed by atoms with Gasteiger partial charge in [0.1, 0.15) is 6.42 Å². The van der Waals surface area contributed by atoms with E-state index in [4.69, 9.17) is 5.26 Å². The number of carbonyl (C=O) groups is 1. The van der Waals surface area contributed by atoms with E-state index in [1.54, 1.807) is 0 Å². The van der Waals surface area contributed by atoms with Gasteiger partial charge in [-0.25, -0.2) is 0 Å². The first-order chi connectivity index (χ1) is 9.11. The molecule has 4 saturated carbocycles. The van der Waals surface area contributed by atoms with Gasteiger partial charge >= 0.3 is 0 Å². The van der Waals surface area contributed by atoms with E-state index < -0.39 is 0 Å². The second-order valence-electron chi connectivity index (χ2n) is 7.32. The number of rotatable bonds is 4. The van der Waals surface area contributed by atoms with Crippen molar-refractivity contribution in [3.63, 3.8) is 0 Å². The number of carbonyl (C=O) groups excluding carboxylic acids is 1. The molecule has 0 aromatic heterocycles. The summed E-state index contributed by atoms with van der Waals surface area (Å²) in [5, 5.41) is 11.5. The van der Waals surface area contributed by atoms with Crippen molar-refractivity contribution < 1.29 is 4.79 Å². The molecule has 4 fully saturated rings. The zero-order valence-electron chi connectivity index (χ0n) is 11.8. The fraction of sp³-hybridized carbons (Fsp3) is 0.875. The number of nitriles is 1. The molecule has 0 radical (unpaired) electrons. The minimum absolute atomic E-state index is 0.00635. The molecule has 4 rings (SSSR count). The van der Waals surface area contributed by atoms with Gasteiger partial charge in [-0.05, 0) is 67.6 Å². The quantitative estimate of drug-likeness (QED) is 0.845. The maximum atomic E-state index is 11.4. The third-order valence-electron chi connectivity index (χ3n) is 5.98. The molecule has 4 aliphatic rings. The number of hydrogen-bond donors (Lipinski definition) is 1. The summed E-state index contributed by atoms with van der Waals surface area (Å²) >= 11 is 0. The summed E-state index contributed by atoms with van der Waals surface area (Å²) < 4.78 is 0. The normalized spacial score (nSPS) is 40.7. The Morgan fingerprint density at radius 3 is 2.26 bits per heavy atom. The lowest BCUT2D eigenvalue weighted by Crippen LogP contribution is -2.51. The lowest BCUT2D eigenvalue weighted by Gasteiger charge is -2.59. The van der Waals surface area contributed by atoms with Gasteiger partial charge in [0, 0.05) is 6.54 Å². The molecule has 19 heavy (non-hydrogen) atoms. The standard InChI is InChI=1S/C16H24N2O/c1-11(10-18-15(19)2-3-17)16-7-12-4-13(8-16)6-14(5-12)9-16/h11-14H,2,4-10H2,1H3,(H,18,19). The van der Waals surface area contributed by atoms with Crippen LogP contribution >= 0.6 is 0 Å². The molecule has 1 amide bonds. The predicted octanol–water partition coefficient (Wildman–Crippen LogP) is 2.87. The van der Waals surface area contributed by atoms with Gasteiger partial charge in [0.2, 0.25) is 5.91 Å². The van der Waals surface area contributed by atoms with Crippen molar-refractivity contribution in [2.45, 2.75) is 51.9 Å². The van der Waals surface area contributed by atoms with Crippen LogP contribution in [0.15, 0.2) is 0 Å². The Hall–Kier alpha value is -1.04. The van der Waals surface area contributed by atoms with Crippen LogP contribution < -0.4 is 5.32 Å². The van der Waals surface area contributed by atoms with Crippen molar-refractivity contribution in [1.82, 2.24) is 5.32 Å². The number of hydrogen-bond acceptors (Lipinski definition) is 2. The summed E-state index contributed by atoms with van der Waals surface area (Å²) in [5.74, 6) is 3.33. The first kappa shape index (κ1) is 13.0. The van der Waals surface area contributed by atoms with Gasteiger partial charge in [-0.3, -0.25) is 4.79 Å². The summed E-state index contributed by atoms with van der Waals surface area (Å²) in [6.45, 7) is 3.06. The smallest absolute Gasteiger partial charge is 0.234 e. The summed E-state index contributed by atoms with van der Waals surface area (Å²) in [6, 6.07) is 1.91. The predicted molar refractivity (Wildman–Crippen MR) is 73.0 cm³/mol. The Morgan fingerprint density at radius 1 is 1.26 bits per heavy atom. The molecule has 1 atom stereocenters. The third-order valence-corrected chi connectivity index (χ3v) is 5.98. The van der Waals surface area contributed by atoms with E-state index in [2.05, 4.69) is 12.2 Å². The van der Waals surface area contributed by atoms with Gasteiger partial charge < -0.3 is 5.32 Å². The van der Waals surface area contributed by atoms with Crippen LogP contribution in [0.1, 0.15) is 51.9 Å². The van der Waals surface area contributed by atoms with Crippen LogP contribution in [0, 0.1) is 40.4 Å². The Morgan fingerprint density at radius 2 is 1.79 bits per heavy atom. The lowest BCUT2D eigenvalue weighted by molar-refractivity contribution is -0.121. The lowest BCUT2D eigenvalue weighted by atomic mass is 9.46. The van der Waals surface area contributed by atoms with Crippen LogP contribution in [0.5, 0.6) is 0 Å². The second-order valence-corrected chi connectivity index (χ2v) is 7.32. The monoisotopic (exact) mass is 260 g/mol. The molecule has 1 unspecified atom stereocenters. The highest BCUT2D eigenvalue weighted by Crippen LogP contribution is 2.62. The first-order valence-electron chi connectivity index (χ1n) is 7.75. The summed E-state index contributed by atoms with van der Waals surface area (Å²) in [4.78, 5) is 11.4. The first-order valence-corrected chi connectivity index (χ1v) is 7.75. The van der Waals surface area contributed by atoms with E-state index in [0.29, 0.717) is 11.3 Å². The van der Waals surface area contributed by atoms with E-state index in [9.17, 15) is 4.79 Å². The molecular weight excluding hydrogens is 236 g/mol. The fourth-order valence-electron chi connectivity index (χ4n) is 5.40. The summed E-state index contributed by atoms with van der Waals surface area (Å²) in [7, 11) is 0. The average molecular weight is 260 g/mol. The van der Waals surface area contributed by atoms with E-state index in [-0.39, 0.29) is 12.3 Å². The molecule has 0 aromatic carbocycles. The van der Waals surface area contributed by atoms with Crippen molar-refractivity contribution in [2.24, 2.45) is 29.1 Å². The summed E-state index contributed by atoms with van der Waals surface area (Å²) in [5.41, 5.74) is 0.495. The molecule has 0 aromatic rings. The van der Waals surface area contributed by atoms with Crippen molar-refractivity contribution >= 4 is 5.91 Å². The number of nitrogens with one attached hydrogen (secondary N) is 1. The Kier molecular flexibility index (Phi) is 3.28. The van der Waals surface area contributed by atoms with Crippen LogP contribution in [0.2, 0.25) is 0 Å². The van der Waals surface area contributed by atoms with Crippen LogP contribution in [-0.4, -0.2) is 12.5 Å². The van der Waals surface area contributed by atoms with E-state index in [1.165, 1.54) is 38.5 Å². The summed E-state index contributed by atoms with van der Waals surface area (Å²) in [6.07, 6.45) is 8.54. The fourth-order valence-corrected chi connectivity index (χ4v) is 5.40. The minimum atomic E-state index is -0.112. The second kappa shape index (κ2) is 4.81. The zero-order valence-corrected chi connectivity index (χ0v) is 11.8. The van der Waals surface area contributed by atoms with E-state index in [1.807, 2.05) is 6.07 Å². The van der Waals surface area contributed by atoms with Gasteiger partial charge in [0.05, 0.1) is 6.07 Å². The van der Waals surface area contributed by atoms with Crippen molar-refractivity contribution in [3.8, 4) is 6.07 Å². The van der Waals surface area contributed by atoms with Crippen molar-refractivity contribution in [1.29, 1.82) is 5.26 Å². The molecule has 0 spiro atoms. The van der Waals surface area contributed by atoms with Gasteiger partial charge in [-0.1, -0.05) is 6.92 Å². The number of amides is 1. The molecule has 104 valence electrons. The SMILES string of the molecule is CC(CNC(=O)CC#N)C12CC3CC(CC(C3)C1)C2. The molecule has 0 aliphatic heterocycles. The topological polar surface area (TPSA) is 52.9 Å². The highest BCUT2D eigenvalue weighted by Gasteiger charge is 2.52. The van der Waals surface area contributed by atoms with Gasteiger partial charge in [0.25, 0.3) is 0 Å². The van der Waals surface area contributed by atoms with Gasteiger partial charge in [-0.2, -0.15) is 5.26 Å². The Labute approximate surface area is 115 Å². The van der Waals surface area contributed by atoms with Crippen molar-refractivity contribution in [2.75, 3.05) is 6.54 Å². The van der Waals surface area contributed by atoms with E-state index in [0.717, 1.165) is 24.3 Å². The largest absolute Gasteiger partial charge is 0.355 e. The molecule has 0 saturated heterocycles. The van der Waals surface area contributed by atoms with Crippen LogP contribution in [0.3, 0.4) is 0 Å². The molecule has 0 heterocycles. The Bertz CT molecular complexity index is 374. The molecule has 3 nitrogen and oxygen atoms in total. The molecule has 3 heteroatoms. The molecule has 4 aliphatic carbocycles. The minimum Gasteiger partial charge on any atom is -0.355 e.